The number of benzene rings is 1. The third kappa shape index (κ3) is 2.69. The van der Waals surface area contributed by atoms with Crippen molar-refractivity contribution in [2.75, 3.05) is 7.11 Å². The number of hydrogen-bond acceptors (Lipinski definition) is 5. The number of H-pyrrole nitrogens is 1. The molecule has 0 saturated heterocycles. The van der Waals surface area contributed by atoms with Crippen molar-refractivity contribution < 1.29 is 9.15 Å². The minimum atomic E-state index is -0.529. The van der Waals surface area contributed by atoms with Crippen LogP contribution in [0.4, 0.5) is 0 Å². The van der Waals surface area contributed by atoms with Crippen molar-refractivity contribution in [3.8, 4) is 16.9 Å². The maximum atomic E-state index is 12.5. The van der Waals surface area contributed by atoms with E-state index in [1.807, 2.05) is 24.3 Å². The first-order chi connectivity index (χ1) is 12.7. The van der Waals surface area contributed by atoms with E-state index in [4.69, 9.17) is 9.15 Å². The van der Waals surface area contributed by atoms with E-state index >= 15 is 0 Å². The molecule has 0 fully saturated rings. The Labute approximate surface area is 147 Å². The van der Waals surface area contributed by atoms with E-state index in [1.54, 1.807) is 31.5 Å². The van der Waals surface area contributed by atoms with Gasteiger partial charge in [-0.2, -0.15) is 0 Å². The number of nitrogens with zero attached hydrogens (tertiary/aromatic N) is 2. The van der Waals surface area contributed by atoms with Crippen molar-refractivity contribution in [1.82, 2.24) is 14.5 Å². The van der Waals surface area contributed by atoms with Crippen LogP contribution in [-0.4, -0.2) is 21.6 Å². The SMILES string of the molecule is COc1ccc(-c2ccnc3c2c(=O)[nH]c(=O)n3Cc2ccco2)cc1. The number of hydrogen-bond donors (Lipinski definition) is 1. The highest BCUT2D eigenvalue weighted by Gasteiger charge is 2.15. The smallest absolute Gasteiger partial charge is 0.330 e. The molecule has 0 radical (unpaired) electrons. The van der Waals surface area contributed by atoms with Crippen LogP contribution in [0.15, 0.2) is 68.9 Å². The number of aromatic amines is 1. The van der Waals surface area contributed by atoms with Gasteiger partial charge in [-0.05, 0) is 41.5 Å². The number of methoxy groups -OCH3 is 1. The number of ether oxygens (including phenoxy) is 1. The number of rotatable bonds is 4. The highest BCUT2D eigenvalue weighted by molar-refractivity contribution is 5.91. The molecule has 0 amide bonds. The van der Waals surface area contributed by atoms with Gasteiger partial charge in [-0.25, -0.2) is 9.78 Å². The average molecular weight is 349 g/mol. The summed E-state index contributed by atoms with van der Waals surface area (Å²) < 4.78 is 11.9. The summed E-state index contributed by atoms with van der Waals surface area (Å²) in [6.07, 6.45) is 3.11. The van der Waals surface area contributed by atoms with Crippen LogP contribution in [0.1, 0.15) is 5.76 Å². The molecule has 0 saturated carbocycles. The van der Waals surface area contributed by atoms with Crippen molar-refractivity contribution in [2.24, 2.45) is 0 Å². The Morgan fingerprint density at radius 1 is 1.15 bits per heavy atom. The largest absolute Gasteiger partial charge is 0.497 e. The molecule has 130 valence electrons. The van der Waals surface area contributed by atoms with Crippen LogP contribution in [0.3, 0.4) is 0 Å². The molecule has 3 heterocycles. The fourth-order valence-corrected chi connectivity index (χ4v) is 2.92. The van der Waals surface area contributed by atoms with Gasteiger partial charge in [0.05, 0.1) is 25.3 Å². The summed E-state index contributed by atoms with van der Waals surface area (Å²) in [6, 6.07) is 12.6. The van der Waals surface area contributed by atoms with E-state index in [0.717, 1.165) is 11.3 Å². The molecular weight excluding hydrogens is 334 g/mol. The molecule has 0 unspecified atom stereocenters. The fourth-order valence-electron chi connectivity index (χ4n) is 2.92. The monoisotopic (exact) mass is 349 g/mol. The van der Waals surface area contributed by atoms with Gasteiger partial charge in [0.1, 0.15) is 11.5 Å². The lowest BCUT2D eigenvalue weighted by Gasteiger charge is -2.10. The summed E-state index contributed by atoms with van der Waals surface area (Å²) in [4.78, 5) is 31.5. The number of aromatic nitrogens is 3. The summed E-state index contributed by atoms with van der Waals surface area (Å²) in [5, 5.41) is 0.351. The van der Waals surface area contributed by atoms with Crippen molar-refractivity contribution in [3.05, 3.63) is 81.5 Å². The maximum Gasteiger partial charge on any atom is 0.330 e. The number of pyridine rings is 1. The topological polar surface area (TPSA) is 90.1 Å². The second-order valence-corrected chi connectivity index (χ2v) is 5.71. The lowest BCUT2D eigenvalue weighted by molar-refractivity contribution is 0.415. The van der Waals surface area contributed by atoms with Gasteiger partial charge in [-0.1, -0.05) is 12.1 Å². The Balaban J connectivity index is 1.95. The number of furan rings is 1. The maximum absolute atomic E-state index is 12.5. The highest BCUT2D eigenvalue weighted by atomic mass is 16.5. The van der Waals surface area contributed by atoms with Crippen molar-refractivity contribution in [3.63, 3.8) is 0 Å². The lowest BCUT2D eigenvalue weighted by atomic mass is 10.0. The molecule has 0 spiro atoms. The van der Waals surface area contributed by atoms with Crippen LogP contribution in [-0.2, 0) is 6.54 Å². The van der Waals surface area contributed by atoms with Crippen LogP contribution in [0, 0.1) is 0 Å². The highest BCUT2D eigenvalue weighted by Crippen LogP contribution is 2.26. The van der Waals surface area contributed by atoms with Gasteiger partial charge in [0, 0.05) is 6.20 Å². The second kappa shape index (κ2) is 6.36. The van der Waals surface area contributed by atoms with E-state index in [0.29, 0.717) is 22.4 Å². The molecule has 7 nitrogen and oxygen atoms in total. The van der Waals surface area contributed by atoms with Gasteiger partial charge >= 0.3 is 5.69 Å². The molecule has 26 heavy (non-hydrogen) atoms. The molecule has 0 aliphatic rings. The number of fused-ring (bicyclic) bond motifs is 1. The van der Waals surface area contributed by atoms with Gasteiger partial charge in [-0.15, -0.1) is 0 Å². The van der Waals surface area contributed by atoms with Gasteiger partial charge in [0.25, 0.3) is 5.56 Å². The molecule has 0 aliphatic heterocycles. The normalized spacial score (nSPS) is 11.0. The first-order valence-electron chi connectivity index (χ1n) is 7.96. The minimum Gasteiger partial charge on any atom is -0.497 e. The minimum absolute atomic E-state index is 0.179. The van der Waals surface area contributed by atoms with Gasteiger partial charge in [-0.3, -0.25) is 14.3 Å². The molecular formula is C19H15N3O4. The standard InChI is InChI=1S/C19H15N3O4/c1-25-13-6-4-12(5-7-13)15-8-9-20-17-16(15)18(23)21-19(24)22(17)11-14-3-2-10-26-14/h2-10H,11H2,1H3,(H,21,23,24). The molecule has 7 heteroatoms. The molecule has 3 aromatic heterocycles. The van der Waals surface area contributed by atoms with Gasteiger partial charge < -0.3 is 9.15 Å². The summed E-state index contributed by atoms with van der Waals surface area (Å²) >= 11 is 0. The number of nitrogens with one attached hydrogen (secondary N) is 1. The van der Waals surface area contributed by atoms with E-state index < -0.39 is 11.2 Å². The summed E-state index contributed by atoms with van der Waals surface area (Å²) in [7, 11) is 1.59. The summed E-state index contributed by atoms with van der Waals surface area (Å²) in [5.74, 6) is 1.31. The zero-order chi connectivity index (χ0) is 18.1. The molecule has 0 bridgehead atoms. The van der Waals surface area contributed by atoms with Crippen LogP contribution in [0.25, 0.3) is 22.2 Å². The van der Waals surface area contributed by atoms with Crippen LogP contribution in [0.5, 0.6) is 5.75 Å². The quantitative estimate of drug-likeness (QED) is 0.611. The Morgan fingerprint density at radius 3 is 2.65 bits per heavy atom. The van der Waals surface area contributed by atoms with Crippen LogP contribution >= 0.6 is 0 Å². The van der Waals surface area contributed by atoms with E-state index in [1.165, 1.54) is 10.8 Å². The van der Waals surface area contributed by atoms with E-state index in [-0.39, 0.29) is 6.54 Å². The third-order valence-electron chi connectivity index (χ3n) is 4.17. The first kappa shape index (κ1) is 15.9. The van der Waals surface area contributed by atoms with Crippen LogP contribution in [0.2, 0.25) is 0 Å². The average Bonchev–Trinajstić information content (AvgIpc) is 3.18. The predicted molar refractivity (Wildman–Crippen MR) is 96.4 cm³/mol. The lowest BCUT2D eigenvalue weighted by Crippen LogP contribution is -2.31. The zero-order valence-electron chi connectivity index (χ0n) is 13.9. The molecule has 1 N–H and O–H groups in total. The van der Waals surface area contributed by atoms with Crippen molar-refractivity contribution in [1.29, 1.82) is 0 Å². The molecule has 0 atom stereocenters. The molecule has 4 rings (SSSR count). The Kier molecular flexibility index (Phi) is 3.89. The Hall–Kier alpha value is -3.61. The van der Waals surface area contributed by atoms with Gasteiger partial charge in [0.2, 0.25) is 0 Å². The summed E-state index contributed by atoms with van der Waals surface area (Å²) in [6.45, 7) is 0.179. The van der Waals surface area contributed by atoms with E-state index in [9.17, 15) is 9.59 Å². The molecule has 0 aliphatic carbocycles. The fraction of sp³-hybridized carbons (Fsp3) is 0.105. The van der Waals surface area contributed by atoms with Crippen LogP contribution < -0.4 is 16.0 Å². The van der Waals surface area contributed by atoms with Crippen molar-refractivity contribution in [2.45, 2.75) is 6.54 Å². The van der Waals surface area contributed by atoms with E-state index in [2.05, 4.69) is 9.97 Å². The Bertz CT molecular complexity index is 1170. The predicted octanol–water partition coefficient (Wildman–Crippen LogP) is 2.40. The molecule has 1 aromatic carbocycles. The third-order valence-corrected chi connectivity index (χ3v) is 4.17. The molecule has 4 aromatic rings. The van der Waals surface area contributed by atoms with Gasteiger partial charge in [0.15, 0.2) is 5.65 Å². The van der Waals surface area contributed by atoms with Crippen molar-refractivity contribution >= 4 is 11.0 Å². The Morgan fingerprint density at radius 2 is 1.96 bits per heavy atom. The first-order valence-corrected chi connectivity index (χ1v) is 7.96. The zero-order valence-corrected chi connectivity index (χ0v) is 13.9. The summed E-state index contributed by atoms with van der Waals surface area (Å²) in [5.41, 5.74) is 0.820. The second-order valence-electron chi connectivity index (χ2n) is 5.71.